The number of aryl methyl sites for hydroxylation is 1. The zero-order valence-corrected chi connectivity index (χ0v) is 13.0. The van der Waals surface area contributed by atoms with Crippen molar-refractivity contribution in [2.24, 2.45) is 0 Å². The number of aromatic nitrogens is 1. The lowest BCUT2D eigenvalue weighted by Gasteiger charge is -2.30. The summed E-state index contributed by atoms with van der Waals surface area (Å²) < 4.78 is 5.31. The Morgan fingerprint density at radius 1 is 1.26 bits per heavy atom. The number of anilines is 1. The molecule has 0 fully saturated rings. The van der Waals surface area contributed by atoms with Crippen LogP contribution in [0.5, 0.6) is 5.75 Å². The Hall–Kier alpha value is -1.29. The van der Waals surface area contributed by atoms with Crippen LogP contribution in [0.25, 0.3) is 0 Å². The van der Waals surface area contributed by atoms with Gasteiger partial charge in [0.05, 0.1) is 19.0 Å². The van der Waals surface area contributed by atoms with Crippen molar-refractivity contribution in [1.82, 2.24) is 9.88 Å². The quantitative estimate of drug-likeness (QED) is 0.822. The van der Waals surface area contributed by atoms with Gasteiger partial charge in [-0.1, -0.05) is 0 Å². The van der Waals surface area contributed by atoms with Crippen molar-refractivity contribution in [2.75, 3.05) is 25.5 Å². The first-order valence-corrected chi connectivity index (χ1v) is 6.96. The third kappa shape index (κ3) is 4.71. The van der Waals surface area contributed by atoms with Gasteiger partial charge in [0.1, 0.15) is 0 Å². The Labute approximate surface area is 117 Å². The van der Waals surface area contributed by atoms with Gasteiger partial charge in [-0.2, -0.15) is 0 Å². The molecule has 0 atom stereocenters. The average Bonchev–Trinajstić information content (AvgIpc) is 2.33. The van der Waals surface area contributed by atoms with Crippen LogP contribution in [-0.2, 0) is 0 Å². The second kappa shape index (κ2) is 7.34. The third-order valence-electron chi connectivity index (χ3n) is 3.24. The van der Waals surface area contributed by atoms with Crippen LogP contribution >= 0.6 is 0 Å². The van der Waals surface area contributed by atoms with Crippen molar-refractivity contribution in [3.8, 4) is 5.75 Å². The van der Waals surface area contributed by atoms with E-state index >= 15 is 0 Å². The topological polar surface area (TPSA) is 37.4 Å². The highest BCUT2D eigenvalue weighted by Crippen LogP contribution is 2.23. The van der Waals surface area contributed by atoms with E-state index in [9.17, 15) is 0 Å². The molecule has 0 aliphatic heterocycles. The molecule has 19 heavy (non-hydrogen) atoms. The average molecular weight is 265 g/mol. The van der Waals surface area contributed by atoms with Crippen molar-refractivity contribution < 1.29 is 4.74 Å². The van der Waals surface area contributed by atoms with Crippen LogP contribution in [0.4, 0.5) is 5.69 Å². The lowest BCUT2D eigenvalue weighted by atomic mass is 10.2. The Balaban J connectivity index is 2.59. The second-order valence-electron chi connectivity index (χ2n) is 5.38. The van der Waals surface area contributed by atoms with Crippen LogP contribution in [0, 0.1) is 6.92 Å². The molecule has 108 valence electrons. The molecule has 1 N–H and O–H groups in total. The molecule has 1 aromatic rings. The van der Waals surface area contributed by atoms with Crippen LogP contribution < -0.4 is 10.1 Å². The van der Waals surface area contributed by atoms with Gasteiger partial charge in [0.2, 0.25) is 0 Å². The fourth-order valence-corrected chi connectivity index (χ4v) is 2.28. The van der Waals surface area contributed by atoms with Gasteiger partial charge >= 0.3 is 0 Å². The van der Waals surface area contributed by atoms with E-state index in [2.05, 4.69) is 42.9 Å². The van der Waals surface area contributed by atoms with Crippen LogP contribution in [-0.4, -0.2) is 42.2 Å². The van der Waals surface area contributed by atoms with Gasteiger partial charge in [0.25, 0.3) is 0 Å². The summed E-state index contributed by atoms with van der Waals surface area (Å²) in [7, 11) is 1.67. The Bertz CT molecular complexity index is 383. The molecular weight excluding hydrogens is 238 g/mol. The minimum Gasteiger partial charge on any atom is -0.493 e. The summed E-state index contributed by atoms with van der Waals surface area (Å²) in [5.74, 6) is 0.797. The zero-order valence-electron chi connectivity index (χ0n) is 13.0. The summed E-state index contributed by atoms with van der Waals surface area (Å²) in [6, 6.07) is 3.14. The number of ether oxygens (including phenoxy) is 1. The minimum atomic E-state index is 0.558. The highest BCUT2D eigenvalue weighted by atomic mass is 16.5. The fourth-order valence-electron chi connectivity index (χ4n) is 2.28. The summed E-state index contributed by atoms with van der Waals surface area (Å²) in [5.41, 5.74) is 2.01. The van der Waals surface area contributed by atoms with Gasteiger partial charge in [-0.3, -0.25) is 9.88 Å². The lowest BCUT2D eigenvalue weighted by molar-refractivity contribution is 0.182. The van der Waals surface area contributed by atoms with Crippen LogP contribution in [0.2, 0.25) is 0 Å². The number of methoxy groups -OCH3 is 1. The molecule has 0 saturated carbocycles. The third-order valence-corrected chi connectivity index (χ3v) is 3.24. The van der Waals surface area contributed by atoms with E-state index in [1.54, 1.807) is 13.3 Å². The molecule has 1 rings (SSSR count). The van der Waals surface area contributed by atoms with Crippen LogP contribution in [0.15, 0.2) is 12.3 Å². The SMILES string of the molecule is COc1cnc(C)cc1NCCN(C(C)C)C(C)C. The number of nitrogens with zero attached hydrogens (tertiary/aromatic N) is 2. The van der Waals surface area contributed by atoms with E-state index in [1.165, 1.54) is 0 Å². The first-order chi connectivity index (χ1) is 8.95. The molecule has 4 nitrogen and oxygen atoms in total. The smallest absolute Gasteiger partial charge is 0.160 e. The first kappa shape index (κ1) is 15.8. The molecular formula is C15H27N3O. The molecule has 0 radical (unpaired) electrons. The standard InChI is InChI=1S/C15H27N3O/c1-11(2)18(12(3)4)8-7-16-14-9-13(5)17-10-15(14)19-6/h9-12H,7-8H2,1-6H3,(H,16,17). The summed E-state index contributed by atoms with van der Waals surface area (Å²) in [4.78, 5) is 6.70. The molecule has 0 unspecified atom stereocenters. The summed E-state index contributed by atoms with van der Waals surface area (Å²) in [6.45, 7) is 12.8. The highest BCUT2D eigenvalue weighted by Gasteiger charge is 2.12. The van der Waals surface area contributed by atoms with Gasteiger partial charge in [-0.05, 0) is 40.7 Å². The maximum absolute atomic E-state index is 5.31. The molecule has 0 aliphatic rings. The van der Waals surface area contributed by atoms with E-state index in [1.807, 2.05) is 13.0 Å². The normalized spacial score (nSPS) is 11.4. The summed E-state index contributed by atoms with van der Waals surface area (Å²) >= 11 is 0. The van der Waals surface area contributed by atoms with Crippen molar-refractivity contribution in [3.63, 3.8) is 0 Å². The summed E-state index contributed by atoms with van der Waals surface area (Å²) in [6.07, 6.45) is 1.76. The largest absolute Gasteiger partial charge is 0.493 e. The molecule has 0 bridgehead atoms. The van der Waals surface area contributed by atoms with Gasteiger partial charge in [-0.25, -0.2) is 0 Å². The predicted molar refractivity (Wildman–Crippen MR) is 81.0 cm³/mol. The van der Waals surface area contributed by atoms with Crippen molar-refractivity contribution >= 4 is 5.69 Å². The molecule has 4 heteroatoms. The van der Waals surface area contributed by atoms with Gasteiger partial charge in [0, 0.05) is 30.9 Å². The molecule has 1 aromatic heterocycles. The Morgan fingerprint density at radius 2 is 1.89 bits per heavy atom. The minimum absolute atomic E-state index is 0.558. The Kier molecular flexibility index (Phi) is 6.09. The highest BCUT2D eigenvalue weighted by molar-refractivity contribution is 5.55. The van der Waals surface area contributed by atoms with Gasteiger partial charge in [-0.15, -0.1) is 0 Å². The second-order valence-corrected chi connectivity index (χ2v) is 5.38. The van der Waals surface area contributed by atoms with Crippen molar-refractivity contribution in [3.05, 3.63) is 18.0 Å². The van der Waals surface area contributed by atoms with Crippen molar-refractivity contribution in [2.45, 2.75) is 46.7 Å². The van der Waals surface area contributed by atoms with Gasteiger partial charge in [0.15, 0.2) is 5.75 Å². The number of hydrogen-bond acceptors (Lipinski definition) is 4. The van der Waals surface area contributed by atoms with Crippen LogP contribution in [0.3, 0.4) is 0 Å². The maximum Gasteiger partial charge on any atom is 0.160 e. The molecule has 0 saturated heterocycles. The fraction of sp³-hybridized carbons (Fsp3) is 0.667. The van der Waals surface area contributed by atoms with E-state index < -0.39 is 0 Å². The number of nitrogens with one attached hydrogen (secondary N) is 1. The van der Waals surface area contributed by atoms with E-state index in [0.717, 1.165) is 30.2 Å². The zero-order chi connectivity index (χ0) is 14.4. The predicted octanol–water partition coefficient (Wildman–Crippen LogP) is 2.93. The van der Waals surface area contributed by atoms with Crippen molar-refractivity contribution in [1.29, 1.82) is 0 Å². The first-order valence-electron chi connectivity index (χ1n) is 6.96. The van der Waals surface area contributed by atoms with E-state index in [-0.39, 0.29) is 0 Å². The maximum atomic E-state index is 5.31. The number of hydrogen-bond donors (Lipinski definition) is 1. The molecule has 0 amide bonds. The lowest BCUT2D eigenvalue weighted by Crippen LogP contribution is -2.40. The number of pyridine rings is 1. The molecule has 0 aliphatic carbocycles. The van der Waals surface area contributed by atoms with E-state index in [0.29, 0.717) is 12.1 Å². The molecule has 1 heterocycles. The molecule has 0 spiro atoms. The van der Waals surface area contributed by atoms with Gasteiger partial charge < -0.3 is 10.1 Å². The number of rotatable bonds is 7. The van der Waals surface area contributed by atoms with E-state index in [4.69, 9.17) is 4.74 Å². The Morgan fingerprint density at radius 3 is 2.42 bits per heavy atom. The van der Waals surface area contributed by atoms with Crippen LogP contribution in [0.1, 0.15) is 33.4 Å². The molecule has 0 aromatic carbocycles. The summed E-state index contributed by atoms with van der Waals surface area (Å²) in [5, 5.41) is 3.44. The monoisotopic (exact) mass is 265 g/mol.